The average Bonchev–Trinajstić information content (AvgIpc) is 2.81. The van der Waals surface area contributed by atoms with Crippen molar-refractivity contribution in [1.82, 2.24) is 4.90 Å². The Morgan fingerprint density at radius 3 is 2.56 bits per heavy atom. The highest BCUT2D eigenvalue weighted by atomic mass is 16.5. The normalized spacial score (nSPS) is 21.4. The minimum absolute atomic E-state index is 0.0448. The van der Waals surface area contributed by atoms with Crippen LogP contribution in [0.25, 0.3) is 0 Å². The van der Waals surface area contributed by atoms with E-state index >= 15 is 0 Å². The number of hydrogen-bond donors (Lipinski definition) is 1. The van der Waals surface area contributed by atoms with Gasteiger partial charge < -0.3 is 14.7 Å². The molecule has 1 amide bonds. The zero-order valence-electron chi connectivity index (χ0n) is 9.57. The van der Waals surface area contributed by atoms with Crippen LogP contribution in [0.15, 0.2) is 11.5 Å². The fourth-order valence-electron chi connectivity index (χ4n) is 2.22. The van der Waals surface area contributed by atoms with Gasteiger partial charge in [-0.15, -0.1) is 0 Å². The van der Waals surface area contributed by atoms with E-state index in [0.29, 0.717) is 17.9 Å². The number of aliphatic hydroxyl groups is 1. The molecule has 0 aromatic carbocycles. The second-order valence-electron chi connectivity index (χ2n) is 4.45. The minimum Gasteiger partial charge on any atom is -0.509 e. The van der Waals surface area contributed by atoms with Crippen LogP contribution in [0, 0.1) is 0 Å². The first-order valence-corrected chi connectivity index (χ1v) is 6.09. The number of nitrogens with zero attached hydrogens (tertiary/aromatic N) is 1. The summed E-state index contributed by atoms with van der Waals surface area (Å²) in [7, 11) is 0. The Morgan fingerprint density at radius 2 is 1.88 bits per heavy atom. The summed E-state index contributed by atoms with van der Waals surface area (Å²) in [6.45, 7) is 1.79. The topological polar surface area (TPSA) is 49.8 Å². The van der Waals surface area contributed by atoms with Crippen molar-refractivity contribution in [3.63, 3.8) is 0 Å². The Bertz CT molecular complexity index is 293. The lowest BCUT2D eigenvalue weighted by Gasteiger charge is -2.19. The van der Waals surface area contributed by atoms with Crippen LogP contribution >= 0.6 is 0 Å². The van der Waals surface area contributed by atoms with Crippen LogP contribution in [0.3, 0.4) is 0 Å². The molecule has 0 atom stereocenters. The molecule has 0 unspecified atom stereocenters. The Kier molecular flexibility index (Phi) is 3.70. The van der Waals surface area contributed by atoms with Crippen molar-refractivity contribution in [2.75, 3.05) is 19.7 Å². The summed E-state index contributed by atoms with van der Waals surface area (Å²) in [6, 6.07) is 0. The van der Waals surface area contributed by atoms with Crippen molar-refractivity contribution in [2.24, 2.45) is 0 Å². The molecule has 0 radical (unpaired) electrons. The molecule has 2 aliphatic rings. The SMILES string of the molecule is O=C(COC1=C(O)CCCC1)N1CCCC1. The van der Waals surface area contributed by atoms with Gasteiger partial charge in [0.25, 0.3) is 5.91 Å². The van der Waals surface area contributed by atoms with Gasteiger partial charge in [0, 0.05) is 25.9 Å². The van der Waals surface area contributed by atoms with Gasteiger partial charge in [0.2, 0.25) is 0 Å². The zero-order chi connectivity index (χ0) is 11.4. The fraction of sp³-hybridized carbons (Fsp3) is 0.750. The first-order valence-electron chi connectivity index (χ1n) is 6.09. The van der Waals surface area contributed by atoms with Gasteiger partial charge >= 0.3 is 0 Å². The number of rotatable bonds is 3. The van der Waals surface area contributed by atoms with Crippen LogP contribution < -0.4 is 0 Å². The average molecular weight is 225 g/mol. The molecule has 4 heteroatoms. The number of carbonyl (C=O) groups is 1. The number of amides is 1. The zero-order valence-corrected chi connectivity index (χ0v) is 9.57. The van der Waals surface area contributed by atoms with Gasteiger partial charge in [-0.25, -0.2) is 0 Å². The Balaban J connectivity index is 1.80. The second kappa shape index (κ2) is 5.23. The van der Waals surface area contributed by atoms with Gasteiger partial charge in [-0.2, -0.15) is 0 Å². The van der Waals surface area contributed by atoms with Gasteiger partial charge in [-0.05, 0) is 25.7 Å². The van der Waals surface area contributed by atoms with Gasteiger partial charge in [0.15, 0.2) is 6.61 Å². The molecule has 0 bridgehead atoms. The van der Waals surface area contributed by atoms with Crippen LogP contribution in [0.1, 0.15) is 38.5 Å². The van der Waals surface area contributed by atoms with E-state index in [4.69, 9.17) is 4.74 Å². The highest BCUT2D eigenvalue weighted by Gasteiger charge is 2.20. The minimum atomic E-state index is 0.0448. The molecule has 90 valence electrons. The third-order valence-corrected chi connectivity index (χ3v) is 3.22. The molecular formula is C12H19NO3. The van der Waals surface area contributed by atoms with E-state index in [-0.39, 0.29) is 12.5 Å². The monoisotopic (exact) mass is 225 g/mol. The number of allylic oxidation sites excluding steroid dienone is 2. The maximum Gasteiger partial charge on any atom is 0.260 e. The maximum atomic E-state index is 11.7. The molecule has 1 fully saturated rings. The second-order valence-corrected chi connectivity index (χ2v) is 4.45. The first kappa shape index (κ1) is 11.3. The van der Waals surface area contributed by atoms with Crippen LogP contribution in [0.2, 0.25) is 0 Å². The number of aliphatic hydroxyl groups excluding tert-OH is 1. The van der Waals surface area contributed by atoms with E-state index < -0.39 is 0 Å². The first-order chi connectivity index (χ1) is 7.77. The summed E-state index contributed by atoms with van der Waals surface area (Å²) < 4.78 is 5.41. The lowest BCUT2D eigenvalue weighted by Crippen LogP contribution is -2.31. The molecular weight excluding hydrogens is 206 g/mol. The molecule has 2 rings (SSSR count). The number of carbonyl (C=O) groups excluding carboxylic acids is 1. The van der Waals surface area contributed by atoms with Crippen molar-refractivity contribution < 1.29 is 14.6 Å². The van der Waals surface area contributed by atoms with Crippen molar-refractivity contribution in [1.29, 1.82) is 0 Å². The highest BCUT2D eigenvalue weighted by Crippen LogP contribution is 2.23. The Morgan fingerprint density at radius 1 is 1.19 bits per heavy atom. The van der Waals surface area contributed by atoms with Gasteiger partial charge in [0.05, 0.1) is 0 Å². The van der Waals surface area contributed by atoms with Crippen LogP contribution in [0.4, 0.5) is 0 Å². The van der Waals surface area contributed by atoms with E-state index in [0.717, 1.165) is 45.2 Å². The van der Waals surface area contributed by atoms with Gasteiger partial charge in [0.1, 0.15) is 11.5 Å². The molecule has 4 nitrogen and oxygen atoms in total. The van der Waals surface area contributed by atoms with E-state index in [1.54, 1.807) is 0 Å². The highest BCUT2D eigenvalue weighted by molar-refractivity contribution is 5.77. The summed E-state index contributed by atoms with van der Waals surface area (Å²) in [5, 5.41) is 9.58. The predicted octanol–water partition coefficient (Wildman–Crippen LogP) is 1.97. The Labute approximate surface area is 95.9 Å². The van der Waals surface area contributed by atoms with Crippen LogP contribution in [-0.4, -0.2) is 35.6 Å². The van der Waals surface area contributed by atoms with Gasteiger partial charge in [-0.3, -0.25) is 4.79 Å². The molecule has 0 aromatic heterocycles. The molecule has 16 heavy (non-hydrogen) atoms. The van der Waals surface area contributed by atoms with E-state index in [1.165, 1.54) is 0 Å². The Hall–Kier alpha value is -1.19. The van der Waals surface area contributed by atoms with Crippen molar-refractivity contribution in [2.45, 2.75) is 38.5 Å². The van der Waals surface area contributed by atoms with Crippen LogP contribution in [-0.2, 0) is 9.53 Å². The maximum absolute atomic E-state index is 11.7. The number of likely N-dealkylation sites (tertiary alicyclic amines) is 1. The molecule has 0 spiro atoms. The van der Waals surface area contributed by atoms with Crippen LogP contribution in [0.5, 0.6) is 0 Å². The predicted molar refractivity (Wildman–Crippen MR) is 59.9 cm³/mol. The summed E-state index contributed by atoms with van der Waals surface area (Å²) in [4.78, 5) is 13.5. The summed E-state index contributed by atoms with van der Waals surface area (Å²) in [5.41, 5.74) is 0. The smallest absolute Gasteiger partial charge is 0.260 e. The third-order valence-electron chi connectivity index (χ3n) is 3.22. The number of hydrogen-bond acceptors (Lipinski definition) is 3. The van der Waals surface area contributed by atoms with E-state index in [1.807, 2.05) is 4.90 Å². The lowest BCUT2D eigenvalue weighted by molar-refractivity contribution is -0.133. The van der Waals surface area contributed by atoms with Crippen molar-refractivity contribution in [3.05, 3.63) is 11.5 Å². The molecule has 1 saturated heterocycles. The molecule has 1 heterocycles. The summed E-state index contributed by atoms with van der Waals surface area (Å²) in [6.07, 6.45) is 5.70. The van der Waals surface area contributed by atoms with Gasteiger partial charge in [-0.1, -0.05) is 0 Å². The molecule has 1 aliphatic carbocycles. The molecule has 1 N–H and O–H groups in total. The van der Waals surface area contributed by atoms with E-state index in [9.17, 15) is 9.90 Å². The lowest BCUT2D eigenvalue weighted by atomic mass is 10.0. The standard InChI is InChI=1S/C12H19NO3/c14-10-5-1-2-6-11(10)16-9-12(15)13-7-3-4-8-13/h14H,1-9H2. The summed E-state index contributed by atoms with van der Waals surface area (Å²) in [5.74, 6) is 1.00. The molecule has 0 aromatic rings. The van der Waals surface area contributed by atoms with E-state index in [2.05, 4.69) is 0 Å². The number of ether oxygens (including phenoxy) is 1. The van der Waals surface area contributed by atoms with Crippen molar-refractivity contribution >= 4 is 5.91 Å². The third kappa shape index (κ3) is 2.68. The largest absolute Gasteiger partial charge is 0.509 e. The molecule has 0 saturated carbocycles. The molecule has 1 aliphatic heterocycles. The van der Waals surface area contributed by atoms with Crippen molar-refractivity contribution in [3.8, 4) is 0 Å². The summed E-state index contributed by atoms with van der Waals surface area (Å²) >= 11 is 0. The quantitative estimate of drug-likeness (QED) is 0.799. The fourth-order valence-corrected chi connectivity index (χ4v) is 2.22.